The summed E-state index contributed by atoms with van der Waals surface area (Å²) >= 11 is 1.53. The molecule has 2 heterocycles. The minimum Gasteiger partial charge on any atom is -0.479 e. The predicted octanol–water partition coefficient (Wildman–Crippen LogP) is 1.57. The first-order valence-corrected chi connectivity index (χ1v) is 7.11. The van der Waals surface area contributed by atoms with Gasteiger partial charge in [0.2, 0.25) is 5.91 Å². The number of carbonyl (C=O) groups excluding carboxylic acids is 1. The first kappa shape index (κ1) is 12.6. The number of carboxylic acid groups (broad SMARTS) is 1. The lowest BCUT2D eigenvalue weighted by Crippen LogP contribution is -2.52. The Morgan fingerprint density at radius 2 is 2.21 bits per heavy atom. The van der Waals surface area contributed by atoms with Crippen molar-refractivity contribution >= 4 is 23.2 Å². The third-order valence-corrected chi connectivity index (χ3v) is 4.57. The van der Waals surface area contributed by atoms with E-state index in [1.807, 2.05) is 19.1 Å². The van der Waals surface area contributed by atoms with E-state index in [2.05, 4.69) is 0 Å². The lowest BCUT2D eigenvalue weighted by Gasteiger charge is -2.39. The summed E-state index contributed by atoms with van der Waals surface area (Å²) in [5.74, 6) is -1.11. The van der Waals surface area contributed by atoms with E-state index in [4.69, 9.17) is 4.74 Å². The van der Waals surface area contributed by atoms with Gasteiger partial charge < -0.3 is 14.7 Å². The zero-order valence-corrected chi connectivity index (χ0v) is 11.4. The monoisotopic (exact) mass is 281 g/mol. The smallest absolute Gasteiger partial charge is 0.335 e. The Morgan fingerprint density at radius 1 is 1.47 bits per heavy atom. The number of nitrogens with zero attached hydrogens (tertiary/aromatic N) is 1. The number of carbonyl (C=O) groups is 2. The Labute approximate surface area is 114 Å². The topological polar surface area (TPSA) is 66.8 Å². The van der Waals surface area contributed by atoms with E-state index in [0.29, 0.717) is 0 Å². The molecule has 0 radical (unpaired) electrons. The highest BCUT2D eigenvalue weighted by Gasteiger charge is 2.48. The highest BCUT2D eigenvalue weighted by atomic mass is 32.1. The van der Waals surface area contributed by atoms with Gasteiger partial charge in [-0.15, -0.1) is 11.3 Å². The van der Waals surface area contributed by atoms with Crippen molar-refractivity contribution in [2.24, 2.45) is 0 Å². The van der Waals surface area contributed by atoms with E-state index in [0.717, 1.165) is 22.6 Å². The molecular formula is C13H15NO4S. The number of hydrogen-bond acceptors (Lipinski definition) is 4. The largest absolute Gasteiger partial charge is 0.479 e. The SMILES string of the molecule is Cc1ccc(C2C(C(=O)O)OCC(=O)N2C2CC2)s1. The number of ether oxygens (including phenoxy) is 1. The Balaban J connectivity index is 1.99. The molecule has 0 spiro atoms. The lowest BCUT2D eigenvalue weighted by atomic mass is 10.0. The van der Waals surface area contributed by atoms with Gasteiger partial charge in [0.15, 0.2) is 6.10 Å². The predicted molar refractivity (Wildman–Crippen MR) is 69.0 cm³/mol. The van der Waals surface area contributed by atoms with Crippen LogP contribution in [0.5, 0.6) is 0 Å². The molecule has 2 aliphatic rings. The summed E-state index contributed by atoms with van der Waals surface area (Å²) in [5.41, 5.74) is 0. The van der Waals surface area contributed by atoms with Gasteiger partial charge in [0.1, 0.15) is 12.6 Å². The van der Waals surface area contributed by atoms with Gasteiger partial charge in [-0.05, 0) is 31.9 Å². The third kappa shape index (κ3) is 2.26. The van der Waals surface area contributed by atoms with Crippen LogP contribution in [0.25, 0.3) is 0 Å². The van der Waals surface area contributed by atoms with Crippen molar-refractivity contribution in [3.63, 3.8) is 0 Å². The number of morpholine rings is 1. The highest BCUT2D eigenvalue weighted by molar-refractivity contribution is 7.12. The van der Waals surface area contributed by atoms with Gasteiger partial charge in [-0.3, -0.25) is 4.79 Å². The van der Waals surface area contributed by atoms with Gasteiger partial charge in [0.25, 0.3) is 0 Å². The highest BCUT2D eigenvalue weighted by Crippen LogP contribution is 2.41. The quantitative estimate of drug-likeness (QED) is 0.913. The van der Waals surface area contributed by atoms with Crippen LogP contribution in [0, 0.1) is 6.92 Å². The summed E-state index contributed by atoms with van der Waals surface area (Å²) in [7, 11) is 0. The van der Waals surface area contributed by atoms with E-state index in [1.54, 1.807) is 4.90 Å². The number of aliphatic carboxylic acids is 1. The lowest BCUT2D eigenvalue weighted by molar-refractivity contribution is -0.173. The minimum atomic E-state index is -1.01. The van der Waals surface area contributed by atoms with E-state index in [9.17, 15) is 14.7 Å². The molecule has 1 saturated heterocycles. The van der Waals surface area contributed by atoms with E-state index in [1.165, 1.54) is 11.3 Å². The van der Waals surface area contributed by atoms with E-state index in [-0.39, 0.29) is 18.6 Å². The molecule has 2 atom stereocenters. The standard InChI is InChI=1S/C13H15NO4S/c1-7-2-5-9(19-7)11-12(13(16)17)18-6-10(15)14(11)8-3-4-8/h2,5,8,11-12H,3-4,6H2,1H3,(H,16,17). The molecule has 6 heteroatoms. The van der Waals surface area contributed by atoms with Crippen molar-refractivity contribution in [1.29, 1.82) is 0 Å². The molecule has 0 bridgehead atoms. The summed E-state index contributed by atoms with van der Waals surface area (Å²) in [4.78, 5) is 27.2. The van der Waals surface area contributed by atoms with Crippen molar-refractivity contribution < 1.29 is 19.4 Å². The second kappa shape index (κ2) is 4.61. The van der Waals surface area contributed by atoms with Gasteiger partial charge in [0.05, 0.1) is 0 Å². The molecule has 1 N–H and O–H groups in total. The first-order valence-electron chi connectivity index (χ1n) is 6.30. The van der Waals surface area contributed by atoms with Crippen LogP contribution < -0.4 is 0 Å². The zero-order chi connectivity index (χ0) is 13.6. The van der Waals surface area contributed by atoms with Crippen molar-refractivity contribution in [3.8, 4) is 0 Å². The van der Waals surface area contributed by atoms with E-state index >= 15 is 0 Å². The molecule has 2 fully saturated rings. The number of hydrogen-bond donors (Lipinski definition) is 1. The molecule has 1 aliphatic carbocycles. The fraction of sp³-hybridized carbons (Fsp3) is 0.538. The van der Waals surface area contributed by atoms with Gasteiger partial charge >= 0.3 is 5.97 Å². The maximum Gasteiger partial charge on any atom is 0.335 e. The Kier molecular flexibility index (Phi) is 3.06. The molecule has 0 aromatic carbocycles. The van der Waals surface area contributed by atoms with Crippen LogP contribution >= 0.6 is 11.3 Å². The Bertz CT molecular complexity index is 522. The summed E-state index contributed by atoms with van der Waals surface area (Å²) in [6.45, 7) is 1.84. The van der Waals surface area contributed by atoms with Crippen LogP contribution in [-0.2, 0) is 14.3 Å². The molecule has 3 rings (SSSR count). The molecule has 1 amide bonds. The maximum absolute atomic E-state index is 12.0. The fourth-order valence-electron chi connectivity index (χ4n) is 2.52. The molecule has 1 saturated carbocycles. The van der Waals surface area contributed by atoms with Gasteiger partial charge in [0, 0.05) is 15.8 Å². The van der Waals surface area contributed by atoms with Crippen molar-refractivity contribution in [2.45, 2.75) is 38.0 Å². The Hall–Kier alpha value is -1.40. The number of amides is 1. The molecule has 1 aliphatic heterocycles. The molecule has 2 unspecified atom stereocenters. The summed E-state index contributed by atoms with van der Waals surface area (Å²) < 4.78 is 5.25. The van der Waals surface area contributed by atoms with Gasteiger partial charge in [-0.1, -0.05) is 0 Å². The van der Waals surface area contributed by atoms with Crippen molar-refractivity contribution in [1.82, 2.24) is 4.90 Å². The van der Waals surface area contributed by atoms with Gasteiger partial charge in [-0.25, -0.2) is 4.79 Å². The first-order chi connectivity index (χ1) is 9.08. The summed E-state index contributed by atoms with van der Waals surface area (Å²) in [6, 6.07) is 3.55. The second-order valence-electron chi connectivity index (χ2n) is 5.00. The van der Waals surface area contributed by atoms with Crippen molar-refractivity contribution in [3.05, 3.63) is 21.9 Å². The summed E-state index contributed by atoms with van der Waals surface area (Å²) in [6.07, 6.45) is 0.953. The molecule has 19 heavy (non-hydrogen) atoms. The molecule has 1 aromatic rings. The van der Waals surface area contributed by atoms with Crippen LogP contribution in [0.4, 0.5) is 0 Å². The van der Waals surface area contributed by atoms with Crippen molar-refractivity contribution in [2.75, 3.05) is 6.61 Å². The zero-order valence-electron chi connectivity index (χ0n) is 10.5. The van der Waals surface area contributed by atoms with E-state index < -0.39 is 18.1 Å². The van der Waals surface area contributed by atoms with Crippen LogP contribution in [0.2, 0.25) is 0 Å². The van der Waals surface area contributed by atoms with Crippen LogP contribution in [0.15, 0.2) is 12.1 Å². The molecular weight excluding hydrogens is 266 g/mol. The van der Waals surface area contributed by atoms with Gasteiger partial charge in [-0.2, -0.15) is 0 Å². The fourth-order valence-corrected chi connectivity index (χ4v) is 3.52. The number of aryl methyl sites for hydroxylation is 1. The molecule has 5 nitrogen and oxygen atoms in total. The number of thiophene rings is 1. The number of carboxylic acids is 1. The average Bonchev–Trinajstić information content (AvgIpc) is 3.10. The Morgan fingerprint density at radius 3 is 2.74 bits per heavy atom. The number of rotatable bonds is 3. The second-order valence-corrected chi connectivity index (χ2v) is 6.31. The van der Waals surface area contributed by atoms with Crippen LogP contribution in [-0.4, -0.2) is 40.6 Å². The summed E-state index contributed by atoms with van der Waals surface area (Å²) in [5, 5.41) is 9.32. The normalized spacial score (nSPS) is 27.6. The third-order valence-electron chi connectivity index (χ3n) is 3.50. The maximum atomic E-state index is 12.0. The molecule has 102 valence electrons. The van der Waals surface area contributed by atoms with Crippen LogP contribution in [0.1, 0.15) is 28.6 Å². The van der Waals surface area contributed by atoms with Crippen LogP contribution in [0.3, 0.4) is 0 Å². The minimum absolute atomic E-state index is 0.101. The average molecular weight is 281 g/mol. The molecule has 1 aromatic heterocycles.